The maximum absolute atomic E-state index is 13.5. The van der Waals surface area contributed by atoms with Gasteiger partial charge in [-0.2, -0.15) is 10.4 Å². The van der Waals surface area contributed by atoms with Crippen LogP contribution in [0.4, 0.5) is 8.78 Å². The molecule has 0 unspecified atom stereocenters. The maximum atomic E-state index is 13.5. The lowest BCUT2D eigenvalue weighted by Crippen LogP contribution is -2.25. The average molecular weight is 372 g/mol. The van der Waals surface area contributed by atoms with E-state index in [1.807, 2.05) is 6.07 Å². The fourth-order valence-corrected chi connectivity index (χ4v) is 3.45. The first-order valence-electron chi connectivity index (χ1n) is 8.37. The lowest BCUT2D eigenvalue weighted by molar-refractivity contribution is -0.0381. The molecule has 0 bridgehead atoms. The summed E-state index contributed by atoms with van der Waals surface area (Å²) in [4.78, 5) is 32.1. The smallest absolute Gasteiger partial charge is 0.313 e. The van der Waals surface area contributed by atoms with E-state index in [9.17, 15) is 23.6 Å². The molecule has 1 aliphatic rings. The van der Waals surface area contributed by atoms with E-state index in [-0.39, 0.29) is 48.6 Å². The summed E-state index contributed by atoms with van der Waals surface area (Å²) in [5.74, 6) is -2.86. The molecular formula is C17H14F2N6O2. The third kappa shape index (κ3) is 3.01. The number of hydrogen-bond acceptors (Lipinski definition) is 5. The number of aromatic nitrogens is 5. The summed E-state index contributed by atoms with van der Waals surface area (Å²) in [5, 5.41) is 13.6. The number of fused-ring (bicyclic) bond motifs is 1. The second kappa shape index (κ2) is 6.12. The van der Waals surface area contributed by atoms with Gasteiger partial charge in [-0.25, -0.2) is 23.1 Å². The van der Waals surface area contributed by atoms with Gasteiger partial charge in [-0.15, -0.1) is 0 Å². The third-order valence-corrected chi connectivity index (χ3v) is 4.86. The molecule has 8 nitrogen and oxygen atoms in total. The topological polar surface area (TPSA) is 120 Å². The van der Waals surface area contributed by atoms with Gasteiger partial charge in [0.25, 0.3) is 5.56 Å². The maximum Gasteiger partial charge on any atom is 0.325 e. The van der Waals surface area contributed by atoms with Gasteiger partial charge in [0.15, 0.2) is 11.3 Å². The van der Waals surface area contributed by atoms with Crippen molar-refractivity contribution in [2.45, 2.75) is 37.5 Å². The minimum absolute atomic E-state index is 0.108. The summed E-state index contributed by atoms with van der Waals surface area (Å²) in [6.45, 7) is 0. The molecule has 0 atom stereocenters. The minimum Gasteiger partial charge on any atom is -0.313 e. The molecule has 27 heavy (non-hydrogen) atoms. The highest BCUT2D eigenvalue weighted by Gasteiger charge is 2.36. The summed E-state index contributed by atoms with van der Waals surface area (Å²) >= 11 is 0. The summed E-state index contributed by atoms with van der Waals surface area (Å²) in [6, 6.07) is 3.60. The number of nitrogens with zero attached hydrogens (tertiary/aromatic N) is 4. The lowest BCUT2D eigenvalue weighted by Gasteiger charge is -2.28. The minimum atomic E-state index is -2.67. The van der Waals surface area contributed by atoms with Crippen molar-refractivity contribution in [2.24, 2.45) is 0 Å². The normalized spacial score (nSPS) is 17.1. The number of alkyl halides is 2. The number of nitrogens with one attached hydrogen (secondary N) is 2. The first kappa shape index (κ1) is 17.1. The summed E-state index contributed by atoms with van der Waals surface area (Å²) in [5.41, 5.74) is 0.271. The molecule has 0 aliphatic heterocycles. The Morgan fingerprint density at radius 1 is 1.30 bits per heavy atom. The predicted molar refractivity (Wildman–Crippen MR) is 90.5 cm³/mol. The zero-order valence-corrected chi connectivity index (χ0v) is 14.0. The van der Waals surface area contributed by atoms with Crippen LogP contribution in [0.15, 0.2) is 28.0 Å². The van der Waals surface area contributed by atoms with Crippen LogP contribution in [0.2, 0.25) is 0 Å². The van der Waals surface area contributed by atoms with Crippen molar-refractivity contribution in [1.82, 2.24) is 24.6 Å². The Labute approximate surface area is 150 Å². The van der Waals surface area contributed by atoms with Gasteiger partial charge in [-0.3, -0.25) is 9.78 Å². The lowest BCUT2D eigenvalue weighted by atomic mass is 9.82. The molecule has 10 heteroatoms. The molecule has 3 aromatic rings. The van der Waals surface area contributed by atoms with E-state index in [4.69, 9.17) is 0 Å². The Bertz CT molecular complexity index is 1180. The second-order valence-electron chi connectivity index (χ2n) is 6.59. The van der Waals surface area contributed by atoms with Crippen molar-refractivity contribution in [1.29, 1.82) is 5.26 Å². The van der Waals surface area contributed by atoms with Crippen molar-refractivity contribution in [3.8, 4) is 17.3 Å². The zero-order valence-electron chi connectivity index (χ0n) is 14.0. The molecule has 0 aromatic carbocycles. The van der Waals surface area contributed by atoms with Crippen molar-refractivity contribution in [3.05, 3.63) is 50.6 Å². The number of nitriles is 1. The number of rotatable bonds is 2. The van der Waals surface area contributed by atoms with Crippen LogP contribution >= 0.6 is 0 Å². The molecule has 1 fully saturated rings. The predicted octanol–water partition coefficient (Wildman–Crippen LogP) is 1.94. The van der Waals surface area contributed by atoms with Gasteiger partial charge in [0, 0.05) is 24.6 Å². The monoisotopic (exact) mass is 372 g/mol. The van der Waals surface area contributed by atoms with Crippen molar-refractivity contribution >= 4 is 5.65 Å². The highest BCUT2D eigenvalue weighted by molar-refractivity contribution is 5.63. The molecule has 3 heterocycles. The molecule has 0 saturated heterocycles. The molecular weight excluding hydrogens is 358 g/mol. The van der Waals surface area contributed by atoms with Crippen LogP contribution in [0.5, 0.6) is 0 Å². The van der Waals surface area contributed by atoms with Gasteiger partial charge in [-0.1, -0.05) is 0 Å². The zero-order chi connectivity index (χ0) is 19.2. The van der Waals surface area contributed by atoms with Gasteiger partial charge >= 0.3 is 5.69 Å². The van der Waals surface area contributed by atoms with E-state index in [0.717, 1.165) is 0 Å². The van der Waals surface area contributed by atoms with Gasteiger partial charge in [0.05, 0.1) is 17.5 Å². The van der Waals surface area contributed by atoms with E-state index >= 15 is 0 Å². The van der Waals surface area contributed by atoms with E-state index in [1.165, 1.54) is 16.9 Å². The fourth-order valence-electron chi connectivity index (χ4n) is 3.45. The second-order valence-corrected chi connectivity index (χ2v) is 6.59. The molecule has 2 N–H and O–H groups in total. The van der Waals surface area contributed by atoms with E-state index in [1.54, 1.807) is 6.07 Å². The van der Waals surface area contributed by atoms with Crippen LogP contribution in [-0.2, 0) is 0 Å². The quantitative estimate of drug-likeness (QED) is 0.712. The van der Waals surface area contributed by atoms with Crippen molar-refractivity contribution in [3.63, 3.8) is 0 Å². The summed E-state index contributed by atoms with van der Waals surface area (Å²) in [7, 11) is 0. The average Bonchev–Trinajstić information content (AvgIpc) is 3.04. The first-order chi connectivity index (χ1) is 12.9. The van der Waals surface area contributed by atoms with Crippen LogP contribution in [0.3, 0.4) is 0 Å². The van der Waals surface area contributed by atoms with Crippen LogP contribution in [-0.4, -0.2) is 30.5 Å². The Hall–Kier alpha value is -3.35. The molecule has 1 aliphatic carbocycles. The van der Waals surface area contributed by atoms with Crippen LogP contribution in [0.1, 0.15) is 42.9 Å². The molecule has 1 saturated carbocycles. The molecule has 3 aromatic heterocycles. The number of H-pyrrole nitrogens is 2. The summed E-state index contributed by atoms with van der Waals surface area (Å²) < 4.78 is 28.4. The van der Waals surface area contributed by atoms with E-state index in [2.05, 4.69) is 20.1 Å². The molecule has 4 rings (SSSR count). The largest absolute Gasteiger partial charge is 0.325 e. The molecule has 138 valence electrons. The third-order valence-electron chi connectivity index (χ3n) is 4.86. The number of halogens is 2. The fraction of sp³-hybridized carbons (Fsp3) is 0.353. The highest BCUT2D eigenvalue weighted by Crippen LogP contribution is 2.42. The SMILES string of the molecule is N#Cc1cnc2c(C3CCC(F)(F)CC3)cc(-c3c[nH]c(=O)[nH]c3=O)nn12. The van der Waals surface area contributed by atoms with Gasteiger partial charge < -0.3 is 4.98 Å². The number of aromatic amines is 2. The van der Waals surface area contributed by atoms with E-state index < -0.39 is 17.2 Å². The van der Waals surface area contributed by atoms with Crippen molar-refractivity contribution in [2.75, 3.05) is 0 Å². The molecule has 0 radical (unpaired) electrons. The number of hydrogen-bond donors (Lipinski definition) is 2. The standard InChI is InChI=1S/C17H14F2N6O2/c18-17(19)3-1-9(2-4-17)11-5-13(12-8-22-16(27)23-15(12)26)24-25-10(6-20)7-21-14(11)25/h5,7-9H,1-4H2,(H2,22,23,26,27). The Balaban J connectivity index is 1.90. The van der Waals surface area contributed by atoms with E-state index in [0.29, 0.717) is 11.2 Å². The van der Waals surface area contributed by atoms with Gasteiger partial charge in [0.2, 0.25) is 5.92 Å². The van der Waals surface area contributed by atoms with Gasteiger partial charge in [0.1, 0.15) is 6.07 Å². The Morgan fingerprint density at radius 3 is 2.70 bits per heavy atom. The first-order valence-corrected chi connectivity index (χ1v) is 8.37. The van der Waals surface area contributed by atoms with Crippen LogP contribution in [0, 0.1) is 11.3 Å². The number of imidazole rings is 1. The van der Waals surface area contributed by atoms with Gasteiger partial charge in [-0.05, 0) is 24.8 Å². The molecule has 0 amide bonds. The Morgan fingerprint density at radius 2 is 2.04 bits per heavy atom. The molecule has 0 spiro atoms. The van der Waals surface area contributed by atoms with Crippen LogP contribution in [0.25, 0.3) is 16.9 Å². The Kier molecular flexibility index (Phi) is 3.87. The summed E-state index contributed by atoms with van der Waals surface area (Å²) in [6.07, 6.45) is 2.66. The van der Waals surface area contributed by atoms with Crippen molar-refractivity contribution < 1.29 is 8.78 Å². The van der Waals surface area contributed by atoms with Crippen LogP contribution < -0.4 is 11.2 Å². The highest BCUT2D eigenvalue weighted by atomic mass is 19.3.